The Morgan fingerprint density at radius 2 is 2.25 bits per heavy atom. The Morgan fingerprint density at radius 1 is 1.44 bits per heavy atom. The molecule has 0 fully saturated rings. The van der Waals surface area contributed by atoms with Gasteiger partial charge in [0.25, 0.3) is 0 Å². The molecular weight excluding hydrogens is 226 g/mol. The van der Waals surface area contributed by atoms with E-state index in [-0.39, 0.29) is 5.69 Å². The van der Waals surface area contributed by atoms with E-state index in [4.69, 9.17) is 5.11 Å². The largest absolute Gasteiger partial charge is 0.477 e. The standard InChI is InChI=1S/C10H9N3O2S/c1-6-5-16-10(11-6)13-8-4-2-3-7(12-8)9(14)15/h2-5H,1H3,(H,14,15)(H,11,12,13). The van der Waals surface area contributed by atoms with Crippen LogP contribution in [-0.4, -0.2) is 21.0 Å². The topological polar surface area (TPSA) is 75.1 Å². The number of hydrogen-bond acceptors (Lipinski definition) is 5. The van der Waals surface area contributed by atoms with Gasteiger partial charge in [0.15, 0.2) is 10.8 Å². The van der Waals surface area contributed by atoms with Gasteiger partial charge >= 0.3 is 5.97 Å². The lowest BCUT2D eigenvalue weighted by Gasteiger charge is -2.01. The van der Waals surface area contributed by atoms with Crippen molar-refractivity contribution in [3.05, 3.63) is 35.0 Å². The number of thiazole rings is 1. The summed E-state index contributed by atoms with van der Waals surface area (Å²) in [5, 5.41) is 14.3. The van der Waals surface area contributed by atoms with Crippen LogP contribution in [0.4, 0.5) is 10.9 Å². The minimum absolute atomic E-state index is 0.0123. The predicted octanol–water partition coefficient (Wildman–Crippen LogP) is 2.29. The summed E-state index contributed by atoms with van der Waals surface area (Å²) < 4.78 is 0. The van der Waals surface area contributed by atoms with Crippen molar-refractivity contribution < 1.29 is 9.90 Å². The highest BCUT2D eigenvalue weighted by Gasteiger charge is 2.06. The van der Waals surface area contributed by atoms with Crippen LogP contribution in [0.5, 0.6) is 0 Å². The lowest BCUT2D eigenvalue weighted by Crippen LogP contribution is -2.02. The van der Waals surface area contributed by atoms with Gasteiger partial charge in [0, 0.05) is 5.38 Å². The first-order valence-corrected chi connectivity index (χ1v) is 5.42. The summed E-state index contributed by atoms with van der Waals surface area (Å²) in [6, 6.07) is 4.78. The summed E-state index contributed by atoms with van der Waals surface area (Å²) in [4.78, 5) is 18.8. The number of nitrogens with one attached hydrogen (secondary N) is 1. The molecule has 0 aromatic carbocycles. The van der Waals surface area contributed by atoms with Crippen molar-refractivity contribution in [2.75, 3.05) is 5.32 Å². The van der Waals surface area contributed by atoms with Gasteiger partial charge in [0.05, 0.1) is 5.69 Å². The van der Waals surface area contributed by atoms with E-state index in [0.717, 1.165) is 5.69 Å². The van der Waals surface area contributed by atoms with Gasteiger partial charge in [0.1, 0.15) is 5.82 Å². The Hall–Kier alpha value is -1.95. The Balaban J connectivity index is 2.21. The molecule has 6 heteroatoms. The number of carboxylic acids is 1. The van der Waals surface area contributed by atoms with Crippen LogP contribution in [0, 0.1) is 6.92 Å². The number of anilines is 2. The fraction of sp³-hybridized carbons (Fsp3) is 0.100. The van der Waals surface area contributed by atoms with Crippen molar-refractivity contribution in [1.29, 1.82) is 0 Å². The van der Waals surface area contributed by atoms with Gasteiger partial charge in [-0.25, -0.2) is 14.8 Å². The average molecular weight is 235 g/mol. The molecule has 0 atom stereocenters. The van der Waals surface area contributed by atoms with Crippen molar-refractivity contribution in [2.24, 2.45) is 0 Å². The number of carboxylic acid groups (broad SMARTS) is 1. The summed E-state index contributed by atoms with van der Waals surface area (Å²) in [6.45, 7) is 1.89. The van der Waals surface area contributed by atoms with Gasteiger partial charge in [-0.05, 0) is 19.1 Å². The van der Waals surface area contributed by atoms with Gasteiger partial charge < -0.3 is 10.4 Å². The molecule has 2 rings (SSSR count). The minimum atomic E-state index is -1.04. The highest BCUT2D eigenvalue weighted by atomic mass is 32.1. The third-order valence-electron chi connectivity index (χ3n) is 1.82. The maximum Gasteiger partial charge on any atom is 0.354 e. The smallest absolute Gasteiger partial charge is 0.354 e. The Kier molecular flexibility index (Phi) is 2.82. The zero-order chi connectivity index (χ0) is 11.5. The molecule has 2 aromatic heterocycles. The number of aromatic nitrogens is 2. The molecule has 0 aliphatic rings. The number of aromatic carboxylic acids is 1. The molecule has 2 heterocycles. The quantitative estimate of drug-likeness (QED) is 0.853. The number of rotatable bonds is 3. The summed E-state index contributed by atoms with van der Waals surface area (Å²) in [5.74, 6) is -0.562. The molecule has 2 N–H and O–H groups in total. The van der Waals surface area contributed by atoms with Crippen LogP contribution in [0.1, 0.15) is 16.2 Å². The second-order valence-electron chi connectivity index (χ2n) is 3.13. The zero-order valence-corrected chi connectivity index (χ0v) is 9.28. The summed E-state index contributed by atoms with van der Waals surface area (Å²) in [6.07, 6.45) is 0. The molecule has 0 radical (unpaired) electrons. The van der Waals surface area contributed by atoms with Crippen LogP contribution >= 0.6 is 11.3 Å². The van der Waals surface area contributed by atoms with E-state index in [1.165, 1.54) is 17.4 Å². The van der Waals surface area contributed by atoms with Crippen molar-refractivity contribution in [3.63, 3.8) is 0 Å². The predicted molar refractivity (Wildman–Crippen MR) is 61.3 cm³/mol. The second kappa shape index (κ2) is 4.28. The first-order valence-electron chi connectivity index (χ1n) is 4.54. The number of aryl methyl sites for hydroxylation is 1. The molecule has 0 saturated heterocycles. The van der Waals surface area contributed by atoms with Crippen molar-refractivity contribution >= 4 is 28.3 Å². The van der Waals surface area contributed by atoms with Gasteiger partial charge in [-0.3, -0.25) is 0 Å². The van der Waals surface area contributed by atoms with E-state index in [0.29, 0.717) is 10.9 Å². The van der Waals surface area contributed by atoms with Crippen LogP contribution in [0.3, 0.4) is 0 Å². The maximum absolute atomic E-state index is 10.7. The first kappa shape index (κ1) is 10.6. The van der Waals surface area contributed by atoms with Crippen LogP contribution < -0.4 is 5.32 Å². The van der Waals surface area contributed by atoms with Crippen molar-refractivity contribution in [2.45, 2.75) is 6.92 Å². The molecule has 0 saturated carbocycles. The fourth-order valence-electron chi connectivity index (χ4n) is 1.14. The van der Waals surface area contributed by atoms with Gasteiger partial charge in [0.2, 0.25) is 0 Å². The molecular formula is C10H9N3O2S. The van der Waals surface area contributed by atoms with Crippen LogP contribution in [0.25, 0.3) is 0 Å². The minimum Gasteiger partial charge on any atom is -0.477 e. The van der Waals surface area contributed by atoms with Crippen LogP contribution in [0.2, 0.25) is 0 Å². The molecule has 0 unspecified atom stereocenters. The third-order valence-corrected chi connectivity index (χ3v) is 2.70. The van der Waals surface area contributed by atoms with Gasteiger partial charge in [-0.15, -0.1) is 11.3 Å². The van der Waals surface area contributed by atoms with Crippen molar-refractivity contribution in [1.82, 2.24) is 9.97 Å². The highest BCUT2D eigenvalue weighted by molar-refractivity contribution is 7.13. The number of pyridine rings is 1. The number of hydrogen-bond donors (Lipinski definition) is 2. The molecule has 2 aromatic rings. The zero-order valence-electron chi connectivity index (χ0n) is 8.47. The van der Waals surface area contributed by atoms with Gasteiger partial charge in [-0.2, -0.15) is 0 Å². The number of nitrogens with zero attached hydrogens (tertiary/aromatic N) is 2. The molecule has 0 spiro atoms. The van der Waals surface area contributed by atoms with E-state index in [1.54, 1.807) is 12.1 Å². The molecule has 0 aliphatic heterocycles. The van der Waals surface area contributed by atoms with E-state index in [2.05, 4.69) is 15.3 Å². The fourth-order valence-corrected chi connectivity index (χ4v) is 1.84. The highest BCUT2D eigenvalue weighted by Crippen LogP contribution is 2.19. The van der Waals surface area contributed by atoms with Crippen LogP contribution in [-0.2, 0) is 0 Å². The van der Waals surface area contributed by atoms with Crippen LogP contribution in [0.15, 0.2) is 23.6 Å². The lowest BCUT2D eigenvalue weighted by molar-refractivity contribution is 0.0690. The Labute approximate surface area is 95.8 Å². The van der Waals surface area contributed by atoms with Gasteiger partial charge in [-0.1, -0.05) is 6.07 Å². The van der Waals surface area contributed by atoms with E-state index in [1.807, 2.05) is 12.3 Å². The molecule has 0 aliphatic carbocycles. The normalized spacial score (nSPS) is 10.1. The summed E-state index contributed by atoms with van der Waals surface area (Å²) >= 11 is 1.45. The molecule has 0 amide bonds. The SMILES string of the molecule is Cc1csc(Nc2cccc(C(=O)O)n2)n1. The Bertz CT molecular complexity index is 524. The average Bonchev–Trinajstić information content (AvgIpc) is 2.64. The monoisotopic (exact) mass is 235 g/mol. The lowest BCUT2D eigenvalue weighted by atomic mass is 10.3. The first-order chi connectivity index (χ1) is 7.65. The third kappa shape index (κ3) is 2.34. The molecule has 0 bridgehead atoms. The summed E-state index contributed by atoms with van der Waals surface area (Å²) in [7, 11) is 0. The molecule has 5 nitrogen and oxygen atoms in total. The number of carbonyl (C=O) groups is 1. The van der Waals surface area contributed by atoms with Crippen molar-refractivity contribution in [3.8, 4) is 0 Å². The second-order valence-corrected chi connectivity index (χ2v) is 3.99. The maximum atomic E-state index is 10.7. The summed E-state index contributed by atoms with van der Waals surface area (Å²) in [5.41, 5.74) is 0.931. The molecule has 16 heavy (non-hydrogen) atoms. The Morgan fingerprint density at radius 3 is 2.88 bits per heavy atom. The van der Waals surface area contributed by atoms with E-state index < -0.39 is 5.97 Å². The van der Waals surface area contributed by atoms with E-state index in [9.17, 15) is 4.79 Å². The molecule has 82 valence electrons. The van der Waals surface area contributed by atoms with E-state index >= 15 is 0 Å².